The van der Waals surface area contributed by atoms with Crippen molar-refractivity contribution < 1.29 is 19.9 Å². The smallest absolute Gasteiger partial charge is 0.270 e. The minimum atomic E-state index is -1.48. The molecule has 0 bridgehead atoms. The molecule has 0 heterocycles. The summed E-state index contributed by atoms with van der Waals surface area (Å²) < 4.78 is 0. The van der Waals surface area contributed by atoms with Crippen molar-refractivity contribution >= 4 is 11.6 Å². The average molecular weight is 295 g/mol. The van der Waals surface area contributed by atoms with E-state index in [0.717, 1.165) is 18.2 Å². The van der Waals surface area contributed by atoms with E-state index in [1.807, 2.05) is 0 Å². The third-order valence-electron chi connectivity index (χ3n) is 2.73. The second kappa shape index (κ2) is 7.20. The quantitative estimate of drug-likeness (QED) is 0.221. The first-order valence-corrected chi connectivity index (χ1v) is 5.83. The van der Waals surface area contributed by atoms with Crippen LogP contribution in [0.4, 0.5) is 5.69 Å². The molecule has 4 N–H and O–H groups in total. The third kappa shape index (κ3) is 4.42. The zero-order valence-electron chi connectivity index (χ0n) is 10.8. The van der Waals surface area contributed by atoms with Gasteiger partial charge in [-0.1, -0.05) is 5.11 Å². The Bertz CT molecular complexity index is 566. The van der Waals surface area contributed by atoms with Crippen LogP contribution in [0.1, 0.15) is 28.4 Å². The van der Waals surface area contributed by atoms with E-state index in [9.17, 15) is 25.1 Å². The largest absolute Gasteiger partial charge is 0.390 e. The number of primary amides is 1. The van der Waals surface area contributed by atoms with Crippen molar-refractivity contribution in [2.24, 2.45) is 10.8 Å². The zero-order chi connectivity index (χ0) is 16.0. The number of amides is 1. The van der Waals surface area contributed by atoms with Gasteiger partial charge in [-0.05, 0) is 23.6 Å². The molecular formula is C11H13N5O5. The van der Waals surface area contributed by atoms with Crippen molar-refractivity contribution in [1.82, 2.24) is 0 Å². The van der Waals surface area contributed by atoms with Crippen LogP contribution in [0.25, 0.3) is 10.4 Å². The molecule has 0 aliphatic rings. The summed E-state index contributed by atoms with van der Waals surface area (Å²) in [4.78, 5) is 23.7. The van der Waals surface area contributed by atoms with Gasteiger partial charge in [0.15, 0.2) is 0 Å². The van der Waals surface area contributed by atoms with Crippen LogP contribution < -0.4 is 5.73 Å². The Morgan fingerprint density at radius 1 is 1.48 bits per heavy atom. The van der Waals surface area contributed by atoms with Crippen molar-refractivity contribution in [2.75, 3.05) is 6.54 Å². The molecule has 0 aliphatic heterocycles. The van der Waals surface area contributed by atoms with E-state index < -0.39 is 28.7 Å². The molecule has 1 rings (SSSR count). The normalized spacial score (nSPS) is 13.0. The van der Waals surface area contributed by atoms with E-state index in [1.54, 1.807) is 0 Å². The first kappa shape index (κ1) is 16.4. The highest BCUT2D eigenvalue weighted by Gasteiger charge is 2.22. The molecule has 2 atom stereocenters. The molecule has 0 saturated carbocycles. The van der Waals surface area contributed by atoms with Crippen LogP contribution in [-0.4, -0.2) is 33.7 Å². The fourth-order valence-electron chi connectivity index (χ4n) is 1.67. The van der Waals surface area contributed by atoms with E-state index in [1.165, 1.54) is 0 Å². The van der Waals surface area contributed by atoms with Crippen LogP contribution in [0.5, 0.6) is 0 Å². The molecule has 1 amide bonds. The summed E-state index contributed by atoms with van der Waals surface area (Å²) in [6.07, 6.45) is -2.82. The maximum absolute atomic E-state index is 11.1. The lowest BCUT2D eigenvalue weighted by Gasteiger charge is -2.17. The Kier molecular flexibility index (Phi) is 5.61. The predicted molar refractivity (Wildman–Crippen MR) is 71.2 cm³/mol. The SMILES string of the molecule is [N-]=[N+]=NCCC(O)C(O)c1cc(C(N)=O)cc([N+](=O)[O-])c1. The summed E-state index contributed by atoms with van der Waals surface area (Å²) in [5.41, 5.74) is 12.6. The maximum Gasteiger partial charge on any atom is 0.270 e. The standard InChI is InChI=1S/C11H13N5O5/c12-11(19)7-3-6(4-8(5-7)16(20)21)10(18)9(17)1-2-14-15-13/h3-5,9-10,17-18H,1-2H2,(H2,12,19). The summed E-state index contributed by atoms with van der Waals surface area (Å²) in [6.45, 7) is -0.0493. The molecule has 1 aromatic carbocycles. The number of azide groups is 1. The van der Waals surface area contributed by atoms with E-state index in [-0.39, 0.29) is 24.1 Å². The molecule has 0 radical (unpaired) electrons. The minimum absolute atomic E-state index is 0.0218. The summed E-state index contributed by atoms with van der Waals surface area (Å²) in [7, 11) is 0. The Morgan fingerprint density at radius 3 is 2.67 bits per heavy atom. The molecule has 112 valence electrons. The minimum Gasteiger partial charge on any atom is -0.390 e. The van der Waals surface area contributed by atoms with Crippen molar-refractivity contribution in [2.45, 2.75) is 18.6 Å². The van der Waals surface area contributed by atoms with Gasteiger partial charge in [0.1, 0.15) is 6.10 Å². The molecule has 0 spiro atoms. The number of nitro groups is 1. The molecule has 0 fully saturated rings. The molecule has 21 heavy (non-hydrogen) atoms. The first-order valence-electron chi connectivity index (χ1n) is 5.83. The van der Waals surface area contributed by atoms with E-state index in [2.05, 4.69) is 10.0 Å². The number of hydrogen-bond donors (Lipinski definition) is 3. The number of non-ortho nitro benzene ring substituents is 1. The second-order valence-corrected chi connectivity index (χ2v) is 4.19. The number of benzene rings is 1. The Hall–Kier alpha value is -2.68. The number of nitrogens with two attached hydrogens (primary N) is 1. The van der Waals surface area contributed by atoms with Crippen molar-refractivity contribution in [3.8, 4) is 0 Å². The van der Waals surface area contributed by atoms with Gasteiger partial charge >= 0.3 is 0 Å². The van der Waals surface area contributed by atoms with Crippen molar-refractivity contribution in [3.05, 3.63) is 49.9 Å². The number of aliphatic hydroxyl groups is 2. The summed E-state index contributed by atoms with van der Waals surface area (Å²) >= 11 is 0. The molecule has 0 saturated heterocycles. The van der Waals surface area contributed by atoms with Crippen LogP contribution in [0, 0.1) is 10.1 Å². The lowest BCUT2D eigenvalue weighted by molar-refractivity contribution is -0.385. The maximum atomic E-state index is 11.1. The van der Waals surface area contributed by atoms with E-state index in [4.69, 9.17) is 11.3 Å². The number of nitro benzene ring substituents is 1. The van der Waals surface area contributed by atoms with Crippen LogP contribution >= 0.6 is 0 Å². The number of carbonyl (C=O) groups excluding carboxylic acids is 1. The summed E-state index contributed by atoms with van der Waals surface area (Å²) in [5, 5.41) is 33.7. The fourth-order valence-corrected chi connectivity index (χ4v) is 1.67. The Morgan fingerprint density at radius 2 is 2.14 bits per heavy atom. The second-order valence-electron chi connectivity index (χ2n) is 4.19. The van der Waals surface area contributed by atoms with Gasteiger partial charge in [0.2, 0.25) is 5.91 Å². The fraction of sp³-hybridized carbons (Fsp3) is 0.364. The van der Waals surface area contributed by atoms with Crippen molar-refractivity contribution in [1.29, 1.82) is 0 Å². The molecule has 0 aliphatic carbocycles. The van der Waals surface area contributed by atoms with Gasteiger partial charge in [-0.2, -0.15) is 0 Å². The number of hydrogen-bond acceptors (Lipinski definition) is 6. The lowest BCUT2D eigenvalue weighted by atomic mass is 9.99. The van der Waals surface area contributed by atoms with Crippen LogP contribution in [0.15, 0.2) is 23.3 Å². The highest BCUT2D eigenvalue weighted by molar-refractivity contribution is 5.93. The van der Waals surface area contributed by atoms with Crippen LogP contribution in [0.2, 0.25) is 0 Å². The summed E-state index contributed by atoms with van der Waals surface area (Å²) in [5.74, 6) is -0.893. The third-order valence-corrected chi connectivity index (χ3v) is 2.73. The van der Waals surface area contributed by atoms with Gasteiger partial charge < -0.3 is 15.9 Å². The molecule has 0 aromatic heterocycles. The predicted octanol–water partition coefficient (Wildman–Crippen LogP) is 0.788. The molecular weight excluding hydrogens is 282 g/mol. The highest BCUT2D eigenvalue weighted by Crippen LogP contribution is 2.25. The van der Waals surface area contributed by atoms with Crippen LogP contribution in [0.3, 0.4) is 0 Å². The monoisotopic (exact) mass is 295 g/mol. The molecule has 10 heteroatoms. The van der Waals surface area contributed by atoms with Crippen molar-refractivity contribution in [3.63, 3.8) is 0 Å². The number of carbonyl (C=O) groups is 1. The van der Waals surface area contributed by atoms with Gasteiger partial charge in [-0.25, -0.2) is 0 Å². The van der Waals surface area contributed by atoms with Crippen LogP contribution in [-0.2, 0) is 0 Å². The number of rotatable bonds is 7. The highest BCUT2D eigenvalue weighted by atomic mass is 16.6. The lowest BCUT2D eigenvalue weighted by Crippen LogP contribution is -2.20. The Labute approximate surface area is 118 Å². The van der Waals surface area contributed by atoms with Gasteiger partial charge in [0.25, 0.3) is 5.69 Å². The number of aliphatic hydroxyl groups excluding tert-OH is 2. The van der Waals surface area contributed by atoms with E-state index in [0.29, 0.717) is 0 Å². The van der Waals surface area contributed by atoms with Gasteiger partial charge in [-0.15, -0.1) is 0 Å². The zero-order valence-corrected chi connectivity index (χ0v) is 10.8. The van der Waals surface area contributed by atoms with Gasteiger partial charge in [0.05, 0.1) is 11.0 Å². The average Bonchev–Trinajstić information content (AvgIpc) is 2.45. The molecule has 2 unspecified atom stereocenters. The van der Waals surface area contributed by atoms with Gasteiger partial charge in [0, 0.05) is 29.2 Å². The molecule has 1 aromatic rings. The molecule has 10 nitrogen and oxygen atoms in total. The summed E-state index contributed by atoms with van der Waals surface area (Å²) in [6, 6.07) is 3.18. The first-order chi connectivity index (χ1) is 9.86. The number of nitrogens with zero attached hydrogens (tertiary/aromatic N) is 4. The van der Waals surface area contributed by atoms with E-state index >= 15 is 0 Å². The Balaban J connectivity index is 3.07. The van der Waals surface area contributed by atoms with Gasteiger partial charge in [-0.3, -0.25) is 14.9 Å². The topological polar surface area (TPSA) is 175 Å².